The van der Waals surface area contributed by atoms with Gasteiger partial charge in [0.15, 0.2) is 5.11 Å². The second-order valence-electron chi connectivity index (χ2n) is 7.12. The summed E-state index contributed by atoms with van der Waals surface area (Å²) in [5, 5.41) is 9.04. The van der Waals surface area contributed by atoms with Crippen LogP contribution in [0.15, 0.2) is 35.3 Å². The molecule has 4 rings (SSSR count). The van der Waals surface area contributed by atoms with Gasteiger partial charge in [0.2, 0.25) is 0 Å². The van der Waals surface area contributed by atoms with E-state index in [1.54, 1.807) is 18.3 Å². The van der Waals surface area contributed by atoms with E-state index in [1.807, 2.05) is 12.1 Å². The molecule has 2 fully saturated rings. The van der Waals surface area contributed by atoms with Crippen LogP contribution in [-0.4, -0.2) is 26.8 Å². The predicted octanol–water partition coefficient (Wildman–Crippen LogP) is 1.08. The molecule has 136 valence electrons. The number of benzene rings is 1. The van der Waals surface area contributed by atoms with Crippen LogP contribution in [0.25, 0.3) is 10.8 Å². The second-order valence-corrected chi connectivity index (χ2v) is 7.53. The lowest BCUT2D eigenvalue weighted by Crippen LogP contribution is -2.51. The first-order valence-electron chi connectivity index (χ1n) is 8.90. The van der Waals surface area contributed by atoms with Gasteiger partial charge in [0.05, 0.1) is 11.6 Å². The lowest BCUT2D eigenvalue weighted by Gasteiger charge is -2.24. The zero-order chi connectivity index (χ0) is 18.1. The molecule has 0 saturated heterocycles. The number of carbonyl (C=O) groups excluding carboxylic acids is 1. The first-order valence-corrected chi connectivity index (χ1v) is 9.31. The molecule has 0 radical (unpaired) electrons. The summed E-state index contributed by atoms with van der Waals surface area (Å²) < 4.78 is 1.14. The van der Waals surface area contributed by atoms with E-state index in [1.165, 1.54) is 19.3 Å². The average molecular weight is 371 g/mol. The van der Waals surface area contributed by atoms with E-state index >= 15 is 0 Å². The molecule has 3 N–H and O–H groups in total. The van der Waals surface area contributed by atoms with Gasteiger partial charge in [-0.3, -0.25) is 20.4 Å². The zero-order valence-electron chi connectivity index (χ0n) is 14.3. The topological polar surface area (TPSA) is 88.0 Å². The van der Waals surface area contributed by atoms with Gasteiger partial charge in [-0.2, -0.15) is 5.10 Å². The third-order valence-corrected chi connectivity index (χ3v) is 5.65. The lowest BCUT2D eigenvalue weighted by molar-refractivity contribution is -0.122. The number of hydrogen-bond acceptors (Lipinski definition) is 4. The number of hydrazine groups is 1. The molecule has 8 heteroatoms. The minimum Gasteiger partial charge on any atom is -0.358 e. The van der Waals surface area contributed by atoms with Crippen molar-refractivity contribution in [2.75, 3.05) is 0 Å². The Balaban J connectivity index is 1.31. The molecule has 1 amide bonds. The van der Waals surface area contributed by atoms with Gasteiger partial charge in [-0.1, -0.05) is 24.6 Å². The molecule has 1 heterocycles. The van der Waals surface area contributed by atoms with E-state index < -0.39 is 0 Å². The number of thiocarbonyl (C=S) groups is 1. The number of fused-ring (bicyclic) bond motifs is 3. The van der Waals surface area contributed by atoms with Crippen molar-refractivity contribution in [1.29, 1.82) is 0 Å². The predicted molar refractivity (Wildman–Crippen MR) is 102 cm³/mol. The summed E-state index contributed by atoms with van der Waals surface area (Å²) in [5.41, 5.74) is 4.96. The maximum Gasteiger partial charge on any atom is 0.275 e. The molecular formula is C18H21N5O2S. The fourth-order valence-corrected chi connectivity index (χ4v) is 4.37. The van der Waals surface area contributed by atoms with E-state index in [9.17, 15) is 9.59 Å². The van der Waals surface area contributed by atoms with Gasteiger partial charge in [0.25, 0.3) is 11.5 Å². The van der Waals surface area contributed by atoms with Gasteiger partial charge in [-0.15, -0.1) is 0 Å². The van der Waals surface area contributed by atoms with E-state index in [4.69, 9.17) is 12.2 Å². The number of carbonyl (C=O) groups is 1. The van der Waals surface area contributed by atoms with Crippen molar-refractivity contribution >= 4 is 34.0 Å². The number of amides is 1. The molecule has 2 aliphatic rings. The van der Waals surface area contributed by atoms with Crippen molar-refractivity contribution in [1.82, 2.24) is 25.9 Å². The Morgan fingerprint density at radius 1 is 1.23 bits per heavy atom. The maximum absolute atomic E-state index is 12.4. The standard InChI is InChI=1S/C18H21N5O2S/c24-16(10-23-17(25)14-4-2-1-3-13(14)9-19-23)21-22-18(26)20-15-8-11-5-6-12(15)7-11/h1-4,9,11-12,15H,5-8,10H2,(H,21,24)(H2,20,22,26)/t11-,12-,15+/m0/s1. The normalized spacial score (nSPS) is 23.8. The fourth-order valence-electron chi connectivity index (χ4n) is 4.17. The highest BCUT2D eigenvalue weighted by Gasteiger charge is 2.39. The van der Waals surface area contributed by atoms with Crippen LogP contribution in [0.5, 0.6) is 0 Å². The third kappa shape index (κ3) is 3.41. The molecule has 3 atom stereocenters. The largest absolute Gasteiger partial charge is 0.358 e. The highest BCUT2D eigenvalue weighted by atomic mass is 32.1. The second kappa shape index (κ2) is 7.03. The fraction of sp³-hybridized carbons (Fsp3) is 0.444. The van der Waals surface area contributed by atoms with Crippen LogP contribution in [-0.2, 0) is 11.3 Å². The Kier molecular flexibility index (Phi) is 4.58. The van der Waals surface area contributed by atoms with Gasteiger partial charge in [0.1, 0.15) is 6.54 Å². The van der Waals surface area contributed by atoms with Crippen molar-refractivity contribution in [2.24, 2.45) is 11.8 Å². The third-order valence-electron chi connectivity index (χ3n) is 5.43. The Morgan fingerprint density at radius 3 is 2.85 bits per heavy atom. The van der Waals surface area contributed by atoms with E-state index in [2.05, 4.69) is 21.3 Å². The molecule has 7 nitrogen and oxygen atoms in total. The first-order chi connectivity index (χ1) is 12.6. The summed E-state index contributed by atoms with van der Waals surface area (Å²) in [6.45, 7) is -0.173. The van der Waals surface area contributed by atoms with Crippen LogP contribution in [0.1, 0.15) is 25.7 Å². The SMILES string of the molecule is O=C(Cn1ncc2ccccc2c1=O)NNC(=S)N[C@@H]1C[C@H]2CC[C@H]1C2. The molecule has 1 aromatic heterocycles. The van der Waals surface area contributed by atoms with Crippen LogP contribution in [0.4, 0.5) is 0 Å². The summed E-state index contributed by atoms with van der Waals surface area (Å²) >= 11 is 5.26. The highest BCUT2D eigenvalue weighted by Crippen LogP contribution is 2.44. The molecule has 2 bridgehead atoms. The van der Waals surface area contributed by atoms with Crippen molar-refractivity contribution in [3.05, 3.63) is 40.8 Å². The summed E-state index contributed by atoms with van der Waals surface area (Å²) in [6.07, 6.45) is 6.60. The Morgan fingerprint density at radius 2 is 2.08 bits per heavy atom. The van der Waals surface area contributed by atoms with Gasteiger partial charge < -0.3 is 5.32 Å². The van der Waals surface area contributed by atoms with Crippen LogP contribution < -0.4 is 21.7 Å². The molecule has 2 saturated carbocycles. The minimum absolute atomic E-state index is 0.173. The van der Waals surface area contributed by atoms with Crippen LogP contribution >= 0.6 is 12.2 Å². The number of hydrogen-bond donors (Lipinski definition) is 3. The zero-order valence-corrected chi connectivity index (χ0v) is 15.1. The van der Waals surface area contributed by atoms with E-state index in [0.717, 1.165) is 22.4 Å². The van der Waals surface area contributed by atoms with Crippen LogP contribution in [0.3, 0.4) is 0 Å². The molecule has 1 aromatic carbocycles. The summed E-state index contributed by atoms with van der Waals surface area (Å²) in [6, 6.07) is 7.57. The number of nitrogens with zero attached hydrogens (tertiary/aromatic N) is 2. The Hall–Kier alpha value is -2.48. The van der Waals surface area contributed by atoms with Gasteiger partial charge >= 0.3 is 0 Å². The van der Waals surface area contributed by atoms with Crippen molar-refractivity contribution in [2.45, 2.75) is 38.3 Å². The summed E-state index contributed by atoms with van der Waals surface area (Å²) in [5.74, 6) is 1.13. The number of aromatic nitrogens is 2. The molecule has 0 spiro atoms. The molecule has 2 aliphatic carbocycles. The van der Waals surface area contributed by atoms with Crippen LogP contribution in [0.2, 0.25) is 0 Å². The smallest absolute Gasteiger partial charge is 0.275 e. The van der Waals surface area contributed by atoms with Crippen molar-refractivity contribution in [3.8, 4) is 0 Å². The summed E-state index contributed by atoms with van der Waals surface area (Å²) in [4.78, 5) is 24.5. The van der Waals surface area contributed by atoms with E-state index in [-0.39, 0.29) is 18.0 Å². The van der Waals surface area contributed by atoms with E-state index in [0.29, 0.717) is 22.5 Å². The highest BCUT2D eigenvalue weighted by molar-refractivity contribution is 7.80. The number of nitrogens with one attached hydrogen (secondary N) is 3. The summed E-state index contributed by atoms with van der Waals surface area (Å²) in [7, 11) is 0. The van der Waals surface area contributed by atoms with Gasteiger partial charge in [-0.05, 0) is 49.4 Å². The first kappa shape index (κ1) is 17.0. The minimum atomic E-state index is -0.382. The van der Waals surface area contributed by atoms with Gasteiger partial charge in [-0.25, -0.2) is 4.68 Å². The van der Waals surface area contributed by atoms with Crippen molar-refractivity contribution in [3.63, 3.8) is 0 Å². The maximum atomic E-state index is 12.4. The Labute approximate surface area is 156 Å². The molecular weight excluding hydrogens is 350 g/mol. The lowest BCUT2D eigenvalue weighted by atomic mass is 9.96. The van der Waals surface area contributed by atoms with Crippen molar-refractivity contribution < 1.29 is 4.79 Å². The molecule has 0 unspecified atom stereocenters. The van der Waals surface area contributed by atoms with Crippen LogP contribution in [0, 0.1) is 11.8 Å². The molecule has 0 aliphatic heterocycles. The quantitative estimate of drug-likeness (QED) is 0.553. The molecule has 26 heavy (non-hydrogen) atoms. The average Bonchev–Trinajstić information content (AvgIpc) is 3.26. The Bertz CT molecular complexity index is 912. The van der Waals surface area contributed by atoms with Gasteiger partial charge in [0, 0.05) is 11.4 Å². The molecule has 2 aromatic rings. The number of rotatable bonds is 3. The monoisotopic (exact) mass is 371 g/mol.